The average Bonchev–Trinajstić information content (AvgIpc) is 3.55. The van der Waals surface area contributed by atoms with E-state index in [1.807, 2.05) is 17.5 Å². The molecule has 1 amide bonds. The molecule has 180 valence electrons. The Bertz CT molecular complexity index is 1440. The van der Waals surface area contributed by atoms with Gasteiger partial charge in [0, 0.05) is 34.0 Å². The fraction of sp³-hybridized carbons (Fsp3) is 0.107. The molecule has 0 saturated heterocycles. The number of carbonyl (C=O) groups excluding carboxylic acids is 2. The fourth-order valence-corrected chi connectivity index (χ4v) is 4.96. The molecule has 1 aliphatic rings. The van der Waals surface area contributed by atoms with Crippen molar-refractivity contribution in [1.29, 1.82) is 0 Å². The van der Waals surface area contributed by atoms with Gasteiger partial charge in [-0.3, -0.25) is 14.5 Å². The molecule has 5 rings (SSSR count). The van der Waals surface area contributed by atoms with Crippen molar-refractivity contribution in [1.82, 2.24) is 4.98 Å². The van der Waals surface area contributed by atoms with Crippen LogP contribution in [0.4, 0.5) is 5.69 Å². The molecule has 4 aromatic rings. The summed E-state index contributed by atoms with van der Waals surface area (Å²) in [6.07, 6.45) is 1.73. The Balaban J connectivity index is 1.62. The first-order valence-electron chi connectivity index (χ1n) is 11.1. The van der Waals surface area contributed by atoms with Crippen molar-refractivity contribution in [3.8, 4) is 22.1 Å². The number of aromatic nitrogens is 1. The first-order valence-corrected chi connectivity index (χ1v) is 12.0. The van der Waals surface area contributed by atoms with E-state index in [9.17, 15) is 14.7 Å². The molecule has 0 aliphatic carbocycles. The summed E-state index contributed by atoms with van der Waals surface area (Å²) in [6.45, 7) is 0. The normalized spacial score (nSPS) is 15.3. The van der Waals surface area contributed by atoms with Gasteiger partial charge in [-0.25, -0.2) is 4.98 Å². The summed E-state index contributed by atoms with van der Waals surface area (Å²) in [5.74, 6) is -0.619. The van der Waals surface area contributed by atoms with Gasteiger partial charge in [0.1, 0.15) is 16.5 Å². The summed E-state index contributed by atoms with van der Waals surface area (Å²) in [5, 5.41) is 13.8. The third-order valence-electron chi connectivity index (χ3n) is 6.06. The van der Waals surface area contributed by atoms with E-state index in [2.05, 4.69) is 4.98 Å². The van der Waals surface area contributed by atoms with Crippen molar-refractivity contribution in [2.45, 2.75) is 6.04 Å². The van der Waals surface area contributed by atoms with E-state index in [-0.39, 0.29) is 5.57 Å². The van der Waals surface area contributed by atoms with Crippen LogP contribution in [0.5, 0.6) is 11.5 Å². The van der Waals surface area contributed by atoms with Crippen LogP contribution in [0.1, 0.15) is 22.0 Å². The lowest BCUT2D eigenvalue weighted by atomic mass is 9.92. The Morgan fingerprint density at radius 2 is 1.69 bits per heavy atom. The predicted octanol–water partition coefficient (Wildman–Crippen LogP) is 5.61. The van der Waals surface area contributed by atoms with Crippen LogP contribution in [0, 0.1) is 0 Å². The standard InChI is InChI=1S/C28H22N2O5S/c1-34-20-13-9-17(10-14-20)25(31)23-24(21-5-3-4-6-22(21)35-2)30(28(33)26(23)32)19-11-7-18(8-12-19)27-29-15-16-36-27/h3-16,24,32H,1-2H3. The number of carbonyl (C=O) groups is 2. The van der Waals surface area contributed by atoms with E-state index in [4.69, 9.17) is 9.47 Å². The number of benzene rings is 3. The Hall–Kier alpha value is -4.43. The third kappa shape index (κ3) is 4.01. The molecule has 0 bridgehead atoms. The highest BCUT2D eigenvalue weighted by Crippen LogP contribution is 2.45. The van der Waals surface area contributed by atoms with Gasteiger partial charge in [-0.15, -0.1) is 11.3 Å². The Kier molecular flexibility index (Phi) is 6.26. The van der Waals surface area contributed by atoms with E-state index in [0.29, 0.717) is 28.3 Å². The summed E-state index contributed by atoms with van der Waals surface area (Å²) in [6, 6.07) is 20.1. The molecule has 3 aromatic carbocycles. The second-order valence-electron chi connectivity index (χ2n) is 8.02. The zero-order valence-corrected chi connectivity index (χ0v) is 20.4. The number of aliphatic hydroxyl groups is 1. The number of methoxy groups -OCH3 is 2. The second-order valence-corrected chi connectivity index (χ2v) is 8.92. The number of ketones is 1. The lowest BCUT2D eigenvalue weighted by Crippen LogP contribution is -2.31. The smallest absolute Gasteiger partial charge is 0.294 e. The quantitative estimate of drug-likeness (QED) is 0.333. The summed E-state index contributed by atoms with van der Waals surface area (Å²) < 4.78 is 10.8. The highest BCUT2D eigenvalue weighted by atomic mass is 32.1. The van der Waals surface area contributed by atoms with Crippen molar-refractivity contribution in [2.75, 3.05) is 19.1 Å². The summed E-state index contributed by atoms with van der Waals surface area (Å²) >= 11 is 1.51. The third-order valence-corrected chi connectivity index (χ3v) is 6.89. The van der Waals surface area contributed by atoms with Crippen molar-refractivity contribution in [2.24, 2.45) is 0 Å². The van der Waals surface area contributed by atoms with Crippen LogP contribution in [0.2, 0.25) is 0 Å². The number of Topliss-reactive ketones (excluding diaryl/α,β-unsaturated/α-hetero) is 1. The van der Waals surface area contributed by atoms with Crippen molar-refractivity contribution < 1.29 is 24.2 Å². The first kappa shape index (κ1) is 23.3. The van der Waals surface area contributed by atoms with Gasteiger partial charge in [0.2, 0.25) is 0 Å². The lowest BCUT2D eigenvalue weighted by Gasteiger charge is -2.28. The molecular formula is C28H22N2O5S. The largest absolute Gasteiger partial charge is 0.503 e. The maximum atomic E-state index is 13.7. The number of ether oxygens (including phenoxy) is 2. The van der Waals surface area contributed by atoms with Gasteiger partial charge >= 0.3 is 0 Å². The molecule has 1 aromatic heterocycles. The molecule has 1 atom stereocenters. The number of hydrogen-bond donors (Lipinski definition) is 1. The van der Waals surface area contributed by atoms with Gasteiger partial charge in [0.25, 0.3) is 5.91 Å². The topological polar surface area (TPSA) is 89.0 Å². The minimum Gasteiger partial charge on any atom is -0.503 e. The van der Waals surface area contributed by atoms with Gasteiger partial charge in [0.15, 0.2) is 11.5 Å². The number of rotatable bonds is 7. The molecule has 1 N–H and O–H groups in total. The second kappa shape index (κ2) is 9.67. The monoisotopic (exact) mass is 498 g/mol. The highest BCUT2D eigenvalue weighted by molar-refractivity contribution is 7.13. The maximum Gasteiger partial charge on any atom is 0.294 e. The van der Waals surface area contributed by atoms with E-state index < -0.39 is 23.5 Å². The average molecular weight is 499 g/mol. The van der Waals surface area contributed by atoms with Crippen LogP contribution in [0.25, 0.3) is 10.6 Å². The van der Waals surface area contributed by atoms with Gasteiger partial charge in [-0.1, -0.05) is 18.2 Å². The molecule has 0 spiro atoms. The predicted molar refractivity (Wildman–Crippen MR) is 138 cm³/mol. The Labute approximate surface area is 211 Å². The summed E-state index contributed by atoms with van der Waals surface area (Å²) in [4.78, 5) is 32.9. The number of anilines is 1. The van der Waals surface area contributed by atoms with Crippen LogP contribution < -0.4 is 14.4 Å². The van der Waals surface area contributed by atoms with Gasteiger partial charge in [-0.05, 0) is 54.6 Å². The van der Waals surface area contributed by atoms with E-state index >= 15 is 0 Å². The highest BCUT2D eigenvalue weighted by Gasteiger charge is 2.45. The molecular weight excluding hydrogens is 476 g/mol. The number of nitrogens with zero attached hydrogens (tertiary/aromatic N) is 2. The van der Waals surface area contributed by atoms with Crippen LogP contribution in [-0.2, 0) is 4.79 Å². The van der Waals surface area contributed by atoms with Crippen molar-refractivity contribution in [3.05, 3.63) is 107 Å². The summed E-state index contributed by atoms with van der Waals surface area (Å²) in [7, 11) is 3.06. The van der Waals surface area contributed by atoms with E-state index in [0.717, 1.165) is 10.6 Å². The molecule has 1 unspecified atom stereocenters. The Morgan fingerprint density at radius 3 is 2.33 bits per heavy atom. The molecule has 0 saturated carbocycles. The van der Waals surface area contributed by atoms with Crippen molar-refractivity contribution >= 4 is 28.7 Å². The number of para-hydroxylation sites is 1. The molecule has 1 aliphatic heterocycles. The molecule has 2 heterocycles. The number of aliphatic hydroxyl groups excluding tert-OH is 1. The van der Waals surface area contributed by atoms with Gasteiger partial charge < -0.3 is 14.6 Å². The van der Waals surface area contributed by atoms with Crippen molar-refractivity contribution in [3.63, 3.8) is 0 Å². The maximum absolute atomic E-state index is 13.7. The SMILES string of the molecule is COc1ccc(C(=O)C2=C(O)C(=O)N(c3ccc(-c4nccs4)cc3)C2c2ccccc2OC)cc1. The van der Waals surface area contributed by atoms with Crippen LogP contribution >= 0.6 is 11.3 Å². The van der Waals surface area contributed by atoms with Crippen LogP contribution in [0.3, 0.4) is 0 Å². The number of thiazole rings is 1. The molecule has 36 heavy (non-hydrogen) atoms. The van der Waals surface area contributed by atoms with E-state index in [1.54, 1.807) is 66.9 Å². The molecule has 8 heteroatoms. The number of hydrogen-bond acceptors (Lipinski definition) is 7. The zero-order valence-electron chi connectivity index (χ0n) is 19.5. The fourth-order valence-electron chi connectivity index (χ4n) is 4.32. The van der Waals surface area contributed by atoms with Gasteiger partial charge in [-0.2, -0.15) is 0 Å². The van der Waals surface area contributed by atoms with Crippen LogP contribution in [0.15, 0.2) is 95.7 Å². The lowest BCUT2D eigenvalue weighted by molar-refractivity contribution is -0.117. The first-order chi connectivity index (χ1) is 17.5. The number of amides is 1. The minimum atomic E-state index is -0.894. The molecule has 0 fully saturated rings. The summed E-state index contributed by atoms with van der Waals surface area (Å²) in [5.41, 5.74) is 2.32. The van der Waals surface area contributed by atoms with Crippen LogP contribution in [-0.4, -0.2) is 36.0 Å². The molecule has 0 radical (unpaired) electrons. The minimum absolute atomic E-state index is 0.0151. The van der Waals surface area contributed by atoms with Gasteiger partial charge in [0.05, 0.1) is 25.8 Å². The zero-order chi connectivity index (χ0) is 25.2. The Morgan fingerprint density at radius 1 is 0.972 bits per heavy atom. The molecule has 7 nitrogen and oxygen atoms in total. The van der Waals surface area contributed by atoms with E-state index in [1.165, 1.54) is 30.5 Å².